The summed E-state index contributed by atoms with van der Waals surface area (Å²) in [6, 6.07) is 13.9. The van der Waals surface area contributed by atoms with E-state index in [0.29, 0.717) is 43.3 Å². The molecule has 0 saturated carbocycles. The van der Waals surface area contributed by atoms with Gasteiger partial charge in [-0.3, -0.25) is 24.2 Å². The summed E-state index contributed by atoms with van der Waals surface area (Å²) in [5, 5.41) is 3.33. The van der Waals surface area contributed by atoms with E-state index in [1.54, 1.807) is 53.4 Å². The first-order valence-electron chi connectivity index (χ1n) is 10.1. The summed E-state index contributed by atoms with van der Waals surface area (Å²) in [6.07, 6.45) is 1.76. The fourth-order valence-corrected chi connectivity index (χ4v) is 5.10. The number of fused-ring (bicyclic) bond motifs is 1. The van der Waals surface area contributed by atoms with Gasteiger partial charge in [0.05, 0.1) is 16.2 Å². The molecule has 0 unspecified atom stereocenters. The summed E-state index contributed by atoms with van der Waals surface area (Å²) in [4.78, 5) is 42.4. The first-order valence-corrected chi connectivity index (χ1v) is 11.8. The van der Waals surface area contributed by atoms with E-state index in [1.165, 1.54) is 4.90 Å². The average Bonchev–Trinajstić information content (AvgIpc) is 3.20. The number of halogens is 1. The van der Waals surface area contributed by atoms with Crippen LogP contribution < -0.4 is 10.2 Å². The number of thioether (sulfide) groups is 1. The molecule has 32 heavy (non-hydrogen) atoms. The van der Waals surface area contributed by atoms with Crippen LogP contribution in [0.2, 0.25) is 5.02 Å². The molecule has 1 saturated heterocycles. The zero-order chi connectivity index (χ0) is 22.8. The lowest BCUT2D eigenvalue weighted by molar-refractivity contribution is -0.122. The van der Waals surface area contributed by atoms with E-state index in [9.17, 15) is 14.4 Å². The standard InChI is InChI=1S/C23H20ClN3O3S2/c1-2-3-12-26-22(30)20(32-23(26)31)19-16-6-4-5-7-17(16)27(21(19)29)13-18(28)25-15-10-8-14(24)9-11-15/h4-11H,2-3,12-13H2,1H3,(H,25,28)/b20-19-. The molecule has 1 fully saturated rings. The van der Waals surface area contributed by atoms with Gasteiger partial charge in [0.25, 0.3) is 11.8 Å². The Kier molecular flexibility index (Phi) is 6.64. The van der Waals surface area contributed by atoms with Gasteiger partial charge in [0.15, 0.2) is 0 Å². The zero-order valence-corrected chi connectivity index (χ0v) is 19.6. The highest BCUT2D eigenvalue weighted by Gasteiger charge is 2.42. The lowest BCUT2D eigenvalue weighted by atomic mass is 10.1. The van der Waals surface area contributed by atoms with Crippen LogP contribution in [-0.4, -0.2) is 40.0 Å². The van der Waals surface area contributed by atoms with Gasteiger partial charge in [0.1, 0.15) is 10.9 Å². The average molecular weight is 486 g/mol. The van der Waals surface area contributed by atoms with Crippen molar-refractivity contribution in [3.8, 4) is 0 Å². The predicted molar refractivity (Wildman–Crippen MR) is 133 cm³/mol. The van der Waals surface area contributed by atoms with E-state index < -0.39 is 0 Å². The normalized spacial score (nSPS) is 17.9. The van der Waals surface area contributed by atoms with Crippen molar-refractivity contribution >= 4 is 74.6 Å². The van der Waals surface area contributed by atoms with Crippen LogP contribution in [0, 0.1) is 0 Å². The van der Waals surface area contributed by atoms with E-state index in [-0.39, 0.29) is 24.3 Å². The molecule has 0 aliphatic carbocycles. The van der Waals surface area contributed by atoms with Gasteiger partial charge in [-0.2, -0.15) is 0 Å². The number of nitrogens with zero attached hydrogens (tertiary/aromatic N) is 2. The van der Waals surface area contributed by atoms with Gasteiger partial charge < -0.3 is 5.32 Å². The summed E-state index contributed by atoms with van der Waals surface area (Å²) in [5.74, 6) is -0.986. The molecule has 6 nitrogen and oxygen atoms in total. The Morgan fingerprint density at radius 3 is 2.50 bits per heavy atom. The second-order valence-electron chi connectivity index (χ2n) is 7.35. The lowest BCUT2D eigenvalue weighted by Gasteiger charge is -2.17. The summed E-state index contributed by atoms with van der Waals surface area (Å²) in [5.41, 5.74) is 2.11. The first-order chi connectivity index (χ1) is 15.4. The summed E-state index contributed by atoms with van der Waals surface area (Å²) in [6.45, 7) is 2.39. The highest BCUT2D eigenvalue weighted by atomic mass is 35.5. The van der Waals surface area contributed by atoms with Crippen LogP contribution in [0.5, 0.6) is 0 Å². The topological polar surface area (TPSA) is 69.7 Å². The minimum atomic E-state index is -0.381. The van der Waals surface area contributed by atoms with Crippen LogP contribution in [0.15, 0.2) is 53.4 Å². The van der Waals surface area contributed by atoms with Gasteiger partial charge in [-0.05, 0) is 36.8 Å². The molecule has 2 aliphatic rings. The van der Waals surface area contributed by atoms with E-state index >= 15 is 0 Å². The molecule has 0 bridgehead atoms. The number of anilines is 2. The molecule has 0 radical (unpaired) electrons. The van der Waals surface area contributed by atoms with Crippen LogP contribution in [0.4, 0.5) is 11.4 Å². The van der Waals surface area contributed by atoms with Crippen LogP contribution in [-0.2, 0) is 14.4 Å². The largest absolute Gasteiger partial charge is 0.325 e. The maximum Gasteiger partial charge on any atom is 0.267 e. The van der Waals surface area contributed by atoms with E-state index in [2.05, 4.69) is 5.32 Å². The molecule has 3 amide bonds. The van der Waals surface area contributed by atoms with Gasteiger partial charge in [-0.25, -0.2) is 0 Å². The van der Waals surface area contributed by atoms with Crippen molar-refractivity contribution in [3.05, 3.63) is 64.0 Å². The molecular formula is C23H20ClN3O3S2. The van der Waals surface area contributed by atoms with Gasteiger partial charge in [0.2, 0.25) is 5.91 Å². The lowest BCUT2D eigenvalue weighted by Crippen LogP contribution is -2.35. The number of rotatable bonds is 6. The van der Waals surface area contributed by atoms with E-state index in [1.807, 2.05) is 6.92 Å². The number of hydrogen-bond acceptors (Lipinski definition) is 5. The quantitative estimate of drug-likeness (QED) is 0.474. The molecule has 1 N–H and O–H groups in total. The van der Waals surface area contributed by atoms with Crippen LogP contribution in [0.1, 0.15) is 25.3 Å². The minimum absolute atomic E-state index is 0.182. The zero-order valence-electron chi connectivity index (χ0n) is 17.3. The number of unbranched alkanes of at least 4 members (excludes halogenated alkanes) is 1. The summed E-state index contributed by atoms with van der Waals surface area (Å²) < 4.78 is 0.454. The van der Waals surface area contributed by atoms with Crippen LogP contribution in [0.3, 0.4) is 0 Å². The van der Waals surface area contributed by atoms with Crippen molar-refractivity contribution in [1.29, 1.82) is 0 Å². The maximum absolute atomic E-state index is 13.4. The van der Waals surface area contributed by atoms with Crippen molar-refractivity contribution in [1.82, 2.24) is 4.90 Å². The van der Waals surface area contributed by atoms with Crippen LogP contribution in [0.25, 0.3) is 5.57 Å². The SMILES string of the molecule is CCCCN1C(=O)/C(=C2/C(=O)N(CC(=O)Nc3ccc(Cl)cc3)c3ccccc32)SC1=S. The number of amides is 3. The molecule has 0 aromatic heterocycles. The number of carbonyl (C=O) groups is 3. The van der Waals surface area contributed by atoms with Gasteiger partial charge >= 0.3 is 0 Å². The molecule has 0 spiro atoms. The van der Waals surface area contributed by atoms with Gasteiger partial charge in [-0.15, -0.1) is 0 Å². The van der Waals surface area contributed by atoms with Gasteiger partial charge in [-0.1, -0.05) is 67.1 Å². The Morgan fingerprint density at radius 1 is 1.06 bits per heavy atom. The summed E-state index contributed by atoms with van der Waals surface area (Å²) >= 11 is 12.4. The molecule has 2 heterocycles. The third-order valence-corrected chi connectivity index (χ3v) is 6.86. The molecule has 9 heteroatoms. The second-order valence-corrected chi connectivity index (χ2v) is 9.43. The first kappa shape index (κ1) is 22.5. The molecule has 0 atom stereocenters. The molecule has 2 aromatic carbocycles. The third kappa shape index (κ3) is 4.30. The number of benzene rings is 2. The highest BCUT2D eigenvalue weighted by Crippen LogP contribution is 2.44. The second kappa shape index (κ2) is 9.44. The molecule has 4 rings (SSSR count). The van der Waals surface area contributed by atoms with E-state index in [0.717, 1.165) is 24.6 Å². The number of thiocarbonyl (C=S) groups is 1. The number of carbonyl (C=O) groups excluding carboxylic acids is 3. The minimum Gasteiger partial charge on any atom is -0.325 e. The Balaban J connectivity index is 1.62. The van der Waals surface area contributed by atoms with Crippen molar-refractivity contribution < 1.29 is 14.4 Å². The number of para-hydroxylation sites is 1. The Labute approximate surface area is 200 Å². The maximum atomic E-state index is 13.4. The fourth-order valence-electron chi connectivity index (χ4n) is 3.59. The molecule has 2 aliphatic heterocycles. The van der Waals surface area contributed by atoms with Crippen LogP contribution >= 0.6 is 35.6 Å². The van der Waals surface area contributed by atoms with Gasteiger partial charge in [0, 0.05) is 22.8 Å². The Bertz CT molecular complexity index is 1150. The number of nitrogens with one attached hydrogen (secondary N) is 1. The van der Waals surface area contributed by atoms with Crippen molar-refractivity contribution in [2.45, 2.75) is 19.8 Å². The van der Waals surface area contributed by atoms with Crippen molar-refractivity contribution in [2.24, 2.45) is 0 Å². The highest BCUT2D eigenvalue weighted by molar-refractivity contribution is 8.26. The van der Waals surface area contributed by atoms with Crippen molar-refractivity contribution in [2.75, 3.05) is 23.3 Å². The smallest absolute Gasteiger partial charge is 0.267 e. The van der Waals surface area contributed by atoms with Crippen molar-refractivity contribution in [3.63, 3.8) is 0 Å². The Morgan fingerprint density at radius 2 is 1.78 bits per heavy atom. The molecular weight excluding hydrogens is 466 g/mol. The summed E-state index contributed by atoms with van der Waals surface area (Å²) in [7, 11) is 0. The third-order valence-electron chi connectivity index (χ3n) is 5.16. The monoisotopic (exact) mass is 485 g/mol. The fraction of sp³-hybridized carbons (Fsp3) is 0.217. The molecule has 2 aromatic rings. The molecule has 164 valence electrons. The predicted octanol–water partition coefficient (Wildman–Crippen LogP) is 4.70. The Hall–Kier alpha value is -2.68. The van der Waals surface area contributed by atoms with E-state index in [4.69, 9.17) is 23.8 Å². The number of hydrogen-bond donors (Lipinski definition) is 1.